The molecule has 55 heavy (non-hydrogen) atoms. The minimum Gasteiger partial charge on any atom is -0.492 e. The third-order valence-corrected chi connectivity index (χ3v) is 12.2. The summed E-state index contributed by atoms with van der Waals surface area (Å²) in [6, 6.07) is 15.8. The maximum atomic E-state index is 14.4. The Kier molecular flexibility index (Phi) is 13.3. The Labute approximate surface area is 327 Å². The SMILES string of the molecule is C=CCOC12Oc3ccc(OCCN4CC4)cc3C3C(CCCCO)C(CCCCO)C=C(C(=NOCc4ccccc4)CC1N(CCC)C(=O)C1CC1)C32. The van der Waals surface area contributed by atoms with Crippen molar-refractivity contribution in [1.29, 1.82) is 0 Å². The number of amides is 1. The Morgan fingerprint density at radius 1 is 1.07 bits per heavy atom. The molecule has 3 fully saturated rings. The van der Waals surface area contributed by atoms with Crippen molar-refractivity contribution in [2.24, 2.45) is 28.8 Å². The molecule has 1 amide bonds. The summed E-state index contributed by atoms with van der Waals surface area (Å²) in [5.41, 5.74) is 4.00. The van der Waals surface area contributed by atoms with Crippen molar-refractivity contribution >= 4 is 11.6 Å². The molecule has 0 bridgehead atoms. The Morgan fingerprint density at radius 2 is 1.85 bits per heavy atom. The highest BCUT2D eigenvalue weighted by molar-refractivity contribution is 6.03. The molecule has 2 aromatic carbocycles. The molecule has 7 rings (SSSR count). The summed E-state index contributed by atoms with van der Waals surface area (Å²) < 4.78 is 20.8. The van der Waals surface area contributed by atoms with E-state index in [1.807, 2.05) is 47.4 Å². The quantitative estimate of drug-likeness (QED) is 0.0581. The summed E-state index contributed by atoms with van der Waals surface area (Å²) in [6.45, 7) is 11.4. The molecule has 2 aromatic rings. The van der Waals surface area contributed by atoms with Gasteiger partial charge < -0.3 is 34.2 Å². The summed E-state index contributed by atoms with van der Waals surface area (Å²) in [7, 11) is 0. The van der Waals surface area contributed by atoms with E-state index in [0.717, 1.165) is 111 Å². The maximum absolute atomic E-state index is 14.4. The molecule has 6 atom stereocenters. The number of fused-ring (bicyclic) bond motifs is 2. The number of hydrogen-bond donors (Lipinski definition) is 2. The Hall–Kier alpha value is -3.70. The first-order chi connectivity index (χ1) is 27.0. The Bertz CT molecular complexity index is 1660. The first-order valence-electron chi connectivity index (χ1n) is 20.9. The average molecular weight is 756 g/mol. The van der Waals surface area contributed by atoms with Crippen LogP contribution < -0.4 is 9.47 Å². The van der Waals surface area contributed by atoms with Crippen molar-refractivity contribution in [3.05, 3.63) is 84.0 Å². The molecular formula is C45H61N3O7. The van der Waals surface area contributed by atoms with Crippen LogP contribution in [0, 0.1) is 23.7 Å². The lowest BCUT2D eigenvalue weighted by molar-refractivity contribution is -0.257. The molecule has 6 unspecified atom stereocenters. The lowest BCUT2D eigenvalue weighted by Crippen LogP contribution is -2.70. The van der Waals surface area contributed by atoms with Gasteiger partial charge in [-0.3, -0.25) is 9.69 Å². The van der Waals surface area contributed by atoms with Crippen LogP contribution >= 0.6 is 0 Å². The van der Waals surface area contributed by atoms with Crippen molar-refractivity contribution in [2.75, 3.05) is 52.6 Å². The van der Waals surface area contributed by atoms with Crippen molar-refractivity contribution < 1.29 is 34.1 Å². The van der Waals surface area contributed by atoms with Crippen LogP contribution in [0.3, 0.4) is 0 Å². The molecule has 2 saturated carbocycles. The fourth-order valence-electron chi connectivity index (χ4n) is 9.31. The highest BCUT2D eigenvalue weighted by atomic mass is 16.7. The molecule has 10 nitrogen and oxygen atoms in total. The molecule has 2 heterocycles. The van der Waals surface area contributed by atoms with Gasteiger partial charge in [-0.1, -0.05) is 67.4 Å². The molecule has 0 radical (unpaired) electrons. The number of aliphatic hydroxyl groups is 2. The van der Waals surface area contributed by atoms with Crippen molar-refractivity contribution in [2.45, 2.75) is 95.5 Å². The Morgan fingerprint density at radius 3 is 2.56 bits per heavy atom. The van der Waals surface area contributed by atoms with Crippen LogP contribution in [0.2, 0.25) is 0 Å². The lowest BCUT2D eigenvalue weighted by atomic mass is 9.55. The molecule has 298 valence electrons. The molecule has 10 heteroatoms. The van der Waals surface area contributed by atoms with Gasteiger partial charge in [-0.2, -0.15) is 0 Å². The Balaban J connectivity index is 1.39. The number of nitrogens with zero attached hydrogens (tertiary/aromatic N) is 3. The number of unbranched alkanes of at least 4 members (excludes halogenated alkanes) is 2. The maximum Gasteiger partial charge on any atom is 0.239 e. The van der Waals surface area contributed by atoms with Gasteiger partial charge >= 0.3 is 0 Å². The van der Waals surface area contributed by atoms with E-state index in [1.54, 1.807) is 6.08 Å². The molecule has 3 aliphatic carbocycles. The third kappa shape index (κ3) is 8.98. The molecule has 0 spiro atoms. The molecule has 2 aliphatic heterocycles. The number of aliphatic hydroxyl groups excluding tert-OH is 2. The van der Waals surface area contributed by atoms with E-state index in [4.69, 9.17) is 24.2 Å². The van der Waals surface area contributed by atoms with Gasteiger partial charge in [0.05, 0.1) is 18.2 Å². The van der Waals surface area contributed by atoms with Gasteiger partial charge in [-0.25, -0.2) is 0 Å². The topological polar surface area (TPSA) is 113 Å². The van der Waals surface area contributed by atoms with Crippen LogP contribution in [0.5, 0.6) is 11.5 Å². The van der Waals surface area contributed by atoms with Crippen molar-refractivity contribution in [1.82, 2.24) is 9.80 Å². The smallest absolute Gasteiger partial charge is 0.239 e. The van der Waals surface area contributed by atoms with E-state index in [9.17, 15) is 15.0 Å². The number of benzene rings is 2. The van der Waals surface area contributed by atoms with Crippen LogP contribution in [0.4, 0.5) is 0 Å². The molecule has 5 aliphatic rings. The van der Waals surface area contributed by atoms with Crippen LogP contribution in [0.25, 0.3) is 0 Å². The van der Waals surface area contributed by atoms with Gasteiger partial charge in [-0.15, -0.1) is 6.58 Å². The van der Waals surface area contributed by atoms with E-state index >= 15 is 0 Å². The highest BCUT2D eigenvalue weighted by Crippen LogP contribution is 2.62. The van der Waals surface area contributed by atoms with Crippen molar-refractivity contribution in [3.8, 4) is 11.5 Å². The zero-order chi connectivity index (χ0) is 38.2. The second kappa shape index (κ2) is 18.5. The molecule has 2 N–H and O–H groups in total. The standard InChI is InChI=1S/C45H61N3O7/c1-3-20-48(44(51)33-16-17-33)41-30-39(46-54-31-32-12-6-5-7-13-32)37-28-34(14-8-10-24-49)36(15-9-11-25-50)42-38-29-35(52-27-23-47-21-22-47)18-19-40(38)55-45(41,43(37)42)53-26-4-2/h4-7,12-13,18-19,28-29,33-34,36,41-43,49-50H,2-3,8-11,14-17,20-27,30-31H2,1H3. The summed E-state index contributed by atoms with van der Waals surface area (Å²) in [6.07, 6.45) is 12.2. The number of rotatable bonds is 22. The van der Waals surface area contributed by atoms with Crippen LogP contribution in [-0.2, 0) is 21.0 Å². The van der Waals surface area contributed by atoms with Gasteiger partial charge in [0.1, 0.15) is 30.8 Å². The van der Waals surface area contributed by atoms with Crippen LogP contribution in [-0.4, -0.2) is 96.1 Å². The number of ether oxygens (including phenoxy) is 3. The second-order valence-corrected chi connectivity index (χ2v) is 16.0. The predicted molar refractivity (Wildman–Crippen MR) is 213 cm³/mol. The highest BCUT2D eigenvalue weighted by Gasteiger charge is 2.65. The van der Waals surface area contributed by atoms with E-state index in [1.165, 1.54) is 0 Å². The number of oxime groups is 1. The van der Waals surface area contributed by atoms with E-state index < -0.39 is 11.8 Å². The first kappa shape index (κ1) is 39.5. The number of allylic oxidation sites excluding steroid dienone is 1. The van der Waals surface area contributed by atoms with Gasteiger partial charge in [0.2, 0.25) is 11.7 Å². The number of hydrogen-bond acceptors (Lipinski definition) is 9. The van der Waals surface area contributed by atoms with E-state index in [2.05, 4.69) is 30.5 Å². The minimum absolute atomic E-state index is 0.0153. The summed E-state index contributed by atoms with van der Waals surface area (Å²) in [5.74, 6) is 0.488. The van der Waals surface area contributed by atoms with Gasteiger partial charge in [-0.05, 0) is 86.1 Å². The van der Waals surface area contributed by atoms with Crippen LogP contribution in [0.15, 0.2) is 78.0 Å². The van der Waals surface area contributed by atoms with Crippen molar-refractivity contribution in [3.63, 3.8) is 0 Å². The monoisotopic (exact) mass is 755 g/mol. The molecule has 1 saturated heterocycles. The van der Waals surface area contributed by atoms with Gasteiger partial charge in [0.25, 0.3) is 0 Å². The largest absolute Gasteiger partial charge is 0.492 e. The fraction of sp³-hybridized carbons (Fsp3) is 0.600. The first-order valence-corrected chi connectivity index (χ1v) is 20.9. The summed E-state index contributed by atoms with van der Waals surface area (Å²) in [5, 5.41) is 24.7. The zero-order valence-electron chi connectivity index (χ0n) is 32.7. The van der Waals surface area contributed by atoms with E-state index in [0.29, 0.717) is 26.2 Å². The van der Waals surface area contributed by atoms with Gasteiger partial charge in [0, 0.05) is 63.2 Å². The summed E-state index contributed by atoms with van der Waals surface area (Å²) >= 11 is 0. The average Bonchev–Trinajstić information content (AvgIpc) is 4.14. The number of carbonyl (C=O) groups excluding carboxylic acids is 1. The predicted octanol–water partition coefficient (Wildman–Crippen LogP) is 6.86. The van der Waals surface area contributed by atoms with E-state index in [-0.39, 0.29) is 55.3 Å². The normalized spacial score (nSPS) is 27.4. The minimum atomic E-state index is -1.22. The second-order valence-electron chi connectivity index (χ2n) is 16.0. The van der Waals surface area contributed by atoms with Crippen LogP contribution in [0.1, 0.15) is 88.2 Å². The molecule has 0 aromatic heterocycles. The summed E-state index contributed by atoms with van der Waals surface area (Å²) in [4.78, 5) is 25.0. The third-order valence-electron chi connectivity index (χ3n) is 12.2. The lowest BCUT2D eigenvalue weighted by Gasteiger charge is -2.60. The fourth-order valence-corrected chi connectivity index (χ4v) is 9.31. The number of carbonyl (C=O) groups is 1. The van der Waals surface area contributed by atoms with Gasteiger partial charge in [0.15, 0.2) is 0 Å². The zero-order valence-corrected chi connectivity index (χ0v) is 32.7. The molecular weight excluding hydrogens is 695 g/mol.